The van der Waals surface area contributed by atoms with E-state index in [-0.39, 0.29) is 12.1 Å². The van der Waals surface area contributed by atoms with Gasteiger partial charge in [0.15, 0.2) is 0 Å². The maximum Gasteiger partial charge on any atom is 0.127 e. The summed E-state index contributed by atoms with van der Waals surface area (Å²) >= 11 is 0. The molecule has 0 amide bonds. The molecule has 0 bridgehead atoms. The van der Waals surface area contributed by atoms with E-state index < -0.39 is 11.6 Å². The minimum absolute atomic E-state index is 0.196. The third-order valence-electron chi connectivity index (χ3n) is 3.24. The van der Waals surface area contributed by atoms with Gasteiger partial charge in [-0.3, -0.25) is 0 Å². The Kier molecular flexibility index (Phi) is 4.07. The molecule has 2 nitrogen and oxygen atoms in total. The lowest BCUT2D eigenvalue weighted by Crippen LogP contribution is -2.35. The molecule has 1 aliphatic rings. The first-order valence-corrected chi connectivity index (χ1v) is 6.00. The Morgan fingerprint density at radius 1 is 1.29 bits per heavy atom. The summed E-state index contributed by atoms with van der Waals surface area (Å²) in [5.41, 5.74) is 0.338. The molecule has 2 unspecified atom stereocenters. The molecule has 1 aromatic rings. The van der Waals surface area contributed by atoms with Crippen LogP contribution in [0.3, 0.4) is 0 Å². The maximum atomic E-state index is 13.3. The van der Waals surface area contributed by atoms with Gasteiger partial charge in [0.05, 0.1) is 6.10 Å². The summed E-state index contributed by atoms with van der Waals surface area (Å²) in [6.45, 7) is 0.307. The quantitative estimate of drug-likeness (QED) is 0.851. The average molecular weight is 241 g/mol. The number of rotatable bonds is 3. The Hall–Kier alpha value is -1.00. The number of hydrogen-bond acceptors (Lipinski definition) is 2. The van der Waals surface area contributed by atoms with Gasteiger partial charge in [-0.2, -0.15) is 0 Å². The van der Waals surface area contributed by atoms with Crippen molar-refractivity contribution in [3.05, 3.63) is 35.4 Å². The molecule has 2 rings (SSSR count). The highest BCUT2D eigenvalue weighted by Gasteiger charge is 2.19. The topological polar surface area (TPSA) is 32.3 Å². The van der Waals surface area contributed by atoms with E-state index in [0.29, 0.717) is 18.5 Å². The highest BCUT2D eigenvalue weighted by molar-refractivity contribution is 5.18. The van der Waals surface area contributed by atoms with Crippen molar-refractivity contribution in [2.24, 2.45) is 0 Å². The van der Waals surface area contributed by atoms with Crippen LogP contribution >= 0.6 is 0 Å². The van der Waals surface area contributed by atoms with Crippen molar-refractivity contribution in [3.8, 4) is 0 Å². The second kappa shape index (κ2) is 5.56. The van der Waals surface area contributed by atoms with Gasteiger partial charge in [0.2, 0.25) is 0 Å². The number of nitrogens with one attached hydrogen (secondary N) is 1. The van der Waals surface area contributed by atoms with E-state index in [0.717, 1.165) is 31.4 Å². The standard InChI is InChI=1S/C13H17F2NO/c14-10-4-5-13(15)9(6-10)8-16-11-2-1-3-12(17)7-11/h4-6,11-12,16-17H,1-3,7-8H2. The van der Waals surface area contributed by atoms with Crippen molar-refractivity contribution in [2.45, 2.75) is 44.4 Å². The Labute approximate surface area is 99.7 Å². The van der Waals surface area contributed by atoms with Gasteiger partial charge in [-0.1, -0.05) is 0 Å². The van der Waals surface area contributed by atoms with Crippen LogP contribution in [0.25, 0.3) is 0 Å². The first-order chi connectivity index (χ1) is 8.15. The maximum absolute atomic E-state index is 13.3. The summed E-state index contributed by atoms with van der Waals surface area (Å²) < 4.78 is 26.3. The highest BCUT2D eigenvalue weighted by atomic mass is 19.1. The van der Waals surface area contributed by atoms with Crippen LogP contribution in [-0.4, -0.2) is 17.3 Å². The molecule has 0 aromatic heterocycles. The lowest BCUT2D eigenvalue weighted by molar-refractivity contribution is 0.111. The molecule has 0 saturated heterocycles. The van der Waals surface area contributed by atoms with Gasteiger partial charge < -0.3 is 10.4 Å². The van der Waals surface area contributed by atoms with E-state index in [1.54, 1.807) is 0 Å². The van der Waals surface area contributed by atoms with Crippen LogP contribution in [0.5, 0.6) is 0 Å². The van der Waals surface area contributed by atoms with Gasteiger partial charge in [0.25, 0.3) is 0 Å². The van der Waals surface area contributed by atoms with Crippen LogP contribution in [0.4, 0.5) is 8.78 Å². The normalized spacial score (nSPS) is 24.9. The molecule has 0 spiro atoms. The van der Waals surface area contributed by atoms with Crippen LogP contribution in [0.15, 0.2) is 18.2 Å². The fraction of sp³-hybridized carbons (Fsp3) is 0.538. The molecule has 1 aromatic carbocycles. The van der Waals surface area contributed by atoms with Crippen LogP contribution in [0.1, 0.15) is 31.2 Å². The van der Waals surface area contributed by atoms with Gasteiger partial charge in [-0.25, -0.2) is 8.78 Å². The molecular weight excluding hydrogens is 224 g/mol. The molecule has 2 atom stereocenters. The Morgan fingerprint density at radius 2 is 2.12 bits per heavy atom. The van der Waals surface area contributed by atoms with Gasteiger partial charge in [0, 0.05) is 18.2 Å². The van der Waals surface area contributed by atoms with Crippen LogP contribution in [0, 0.1) is 11.6 Å². The lowest BCUT2D eigenvalue weighted by Gasteiger charge is -2.26. The molecule has 2 N–H and O–H groups in total. The SMILES string of the molecule is OC1CCCC(NCc2cc(F)ccc2F)C1. The molecule has 1 fully saturated rings. The largest absolute Gasteiger partial charge is 0.393 e. The van der Waals surface area contributed by atoms with E-state index in [1.807, 2.05) is 0 Å². The zero-order valence-corrected chi connectivity index (χ0v) is 9.63. The summed E-state index contributed by atoms with van der Waals surface area (Å²) in [4.78, 5) is 0. The second-order valence-electron chi connectivity index (χ2n) is 4.63. The Bertz CT molecular complexity index is 384. The number of aliphatic hydroxyl groups is 1. The number of benzene rings is 1. The number of hydrogen-bond donors (Lipinski definition) is 2. The van der Waals surface area contributed by atoms with E-state index >= 15 is 0 Å². The van der Waals surface area contributed by atoms with Crippen molar-refractivity contribution in [1.29, 1.82) is 0 Å². The van der Waals surface area contributed by atoms with Crippen molar-refractivity contribution in [2.75, 3.05) is 0 Å². The Morgan fingerprint density at radius 3 is 2.88 bits per heavy atom. The molecule has 94 valence electrons. The highest BCUT2D eigenvalue weighted by Crippen LogP contribution is 2.19. The van der Waals surface area contributed by atoms with Gasteiger partial charge in [-0.15, -0.1) is 0 Å². The zero-order valence-electron chi connectivity index (χ0n) is 9.63. The Balaban J connectivity index is 1.90. The summed E-state index contributed by atoms with van der Waals surface area (Å²) in [6, 6.07) is 3.66. The first-order valence-electron chi connectivity index (χ1n) is 6.00. The number of halogens is 2. The van der Waals surface area contributed by atoms with E-state index in [1.165, 1.54) is 6.07 Å². The van der Waals surface area contributed by atoms with E-state index in [9.17, 15) is 13.9 Å². The monoisotopic (exact) mass is 241 g/mol. The predicted octanol–water partition coefficient (Wildman–Crippen LogP) is 2.36. The lowest BCUT2D eigenvalue weighted by atomic mass is 9.93. The summed E-state index contributed by atoms with van der Waals surface area (Å²) in [5, 5.41) is 12.7. The molecule has 17 heavy (non-hydrogen) atoms. The second-order valence-corrected chi connectivity index (χ2v) is 4.63. The molecule has 0 radical (unpaired) electrons. The fourth-order valence-corrected chi connectivity index (χ4v) is 2.28. The third-order valence-corrected chi connectivity index (χ3v) is 3.24. The van der Waals surface area contributed by atoms with Crippen molar-refractivity contribution in [3.63, 3.8) is 0 Å². The smallest absolute Gasteiger partial charge is 0.127 e. The summed E-state index contributed by atoms with van der Waals surface area (Å²) in [7, 11) is 0. The molecule has 4 heteroatoms. The van der Waals surface area contributed by atoms with Crippen LogP contribution in [-0.2, 0) is 6.54 Å². The minimum atomic E-state index is -0.424. The molecule has 1 aliphatic carbocycles. The average Bonchev–Trinajstić information content (AvgIpc) is 2.30. The predicted molar refractivity (Wildman–Crippen MR) is 61.5 cm³/mol. The van der Waals surface area contributed by atoms with Crippen LogP contribution in [0.2, 0.25) is 0 Å². The van der Waals surface area contributed by atoms with Gasteiger partial charge in [-0.05, 0) is 43.9 Å². The summed E-state index contributed by atoms with van der Waals surface area (Å²) in [5.74, 6) is -0.817. The van der Waals surface area contributed by atoms with Crippen LogP contribution < -0.4 is 5.32 Å². The fourth-order valence-electron chi connectivity index (χ4n) is 2.28. The molecule has 0 aliphatic heterocycles. The van der Waals surface area contributed by atoms with E-state index in [2.05, 4.69) is 5.32 Å². The first kappa shape index (κ1) is 12.5. The zero-order chi connectivity index (χ0) is 12.3. The van der Waals surface area contributed by atoms with E-state index in [4.69, 9.17) is 0 Å². The van der Waals surface area contributed by atoms with Gasteiger partial charge >= 0.3 is 0 Å². The minimum Gasteiger partial charge on any atom is -0.393 e. The molecule has 0 heterocycles. The number of aliphatic hydroxyl groups excluding tert-OH is 1. The van der Waals surface area contributed by atoms with Crippen molar-refractivity contribution in [1.82, 2.24) is 5.32 Å². The molecular formula is C13H17F2NO. The van der Waals surface area contributed by atoms with Crippen molar-refractivity contribution >= 4 is 0 Å². The third kappa shape index (κ3) is 3.48. The summed E-state index contributed by atoms with van der Waals surface area (Å²) in [6.07, 6.45) is 3.22. The van der Waals surface area contributed by atoms with Crippen molar-refractivity contribution < 1.29 is 13.9 Å². The van der Waals surface area contributed by atoms with Gasteiger partial charge in [0.1, 0.15) is 11.6 Å². The molecule has 1 saturated carbocycles.